The van der Waals surface area contributed by atoms with Crippen LogP contribution in [0.5, 0.6) is 0 Å². The molecule has 6 nitrogen and oxygen atoms in total. The summed E-state index contributed by atoms with van der Waals surface area (Å²) >= 11 is 1.73. The first-order valence-corrected chi connectivity index (χ1v) is 10.6. The normalized spacial score (nSPS) is 11.6. The van der Waals surface area contributed by atoms with Crippen LogP contribution >= 0.6 is 11.8 Å². The van der Waals surface area contributed by atoms with Gasteiger partial charge < -0.3 is 0 Å². The molecule has 0 bridgehead atoms. The van der Waals surface area contributed by atoms with Crippen LogP contribution in [0.15, 0.2) is 59.5 Å². The molecule has 0 saturated carbocycles. The molecule has 0 aliphatic rings. The Balaban J connectivity index is 2.03. The standard InChI is InChI=1S/C17H18N4O2S2/c1-24-12-11-16-19-17(13-5-3-2-4-6-13)20-21(16)14-7-9-15(10-8-14)25(18,22)23/h2-10H,11-12H2,1H3,(H2,18,22,23). The largest absolute Gasteiger partial charge is 0.238 e. The van der Waals surface area contributed by atoms with Crippen molar-refractivity contribution in [2.45, 2.75) is 11.3 Å². The zero-order valence-electron chi connectivity index (χ0n) is 13.7. The summed E-state index contributed by atoms with van der Waals surface area (Å²) in [5.41, 5.74) is 1.69. The maximum atomic E-state index is 11.4. The Kier molecular flexibility index (Phi) is 5.22. The predicted octanol–water partition coefficient (Wildman–Crippen LogP) is 2.49. The van der Waals surface area contributed by atoms with E-state index in [0.29, 0.717) is 5.82 Å². The molecule has 130 valence electrons. The molecular formula is C17H18N4O2S2. The van der Waals surface area contributed by atoms with Crippen molar-refractivity contribution in [2.24, 2.45) is 5.14 Å². The van der Waals surface area contributed by atoms with E-state index in [4.69, 9.17) is 5.14 Å². The number of primary sulfonamides is 1. The van der Waals surface area contributed by atoms with Crippen LogP contribution in [-0.4, -0.2) is 35.2 Å². The van der Waals surface area contributed by atoms with E-state index in [1.807, 2.05) is 36.6 Å². The molecule has 1 aromatic heterocycles. The quantitative estimate of drug-likeness (QED) is 0.716. The molecule has 0 saturated heterocycles. The molecule has 0 spiro atoms. The Bertz CT molecular complexity index is 952. The number of thioether (sulfide) groups is 1. The molecule has 3 aromatic rings. The maximum absolute atomic E-state index is 11.4. The number of sulfonamides is 1. The summed E-state index contributed by atoms with van der Waals surface area (Å²) in [6.45, 7) is 0. The van der Waals surface area contributed by atoms with E-state index in [1.54, 1.807) is 28.6 Å². The van der Waals surface area contributed by atoms with Crippen LogP contribution in [0.3, 0.4) is 0 Å². The van der Waals surface area contributed by atoms with Gasteiger partial charge in [-0.2, -0.15) is 11.8 Å². The van der Waals surface area contributed by atoms with E-state index in [2.05, 4.69) is 10.1 Å². The van der Waals surface area contributed by atoms with Gasteiger partial charge >= 0.3 is 0 Å². The third kappa shape index (κ3) is 4.09. The van der Waals surface area contributed by atoms with Crippen LogP contribution in [0.25, 0.3) is 17.1 Å². The Labute approximate surface area is 151 Å². The van der Waals surface area contributed by atoms with E-state index in [1.165, 1.54) is 12.1 Å². The Morgan fingerprint density at radius 2 is 1.76 bits per heavy atom. The molecule has 1 heterocycles. The zero-order chi connectivity index (χ0) is 17.9. The van der Waals surface area contributed by atoms with Crippen LogP contribution in [0.2, 0.25) is 0 Å². The number of hydrogen-bond donors (Lipinski definition) is 1. The first kappa shape index (κ1) is 17.7. The number of benzene rings is 2. The smallest absolute Gasteiger partial charge is 0.225 e. The molecule has 2 aromatic carbocycles. The van der Waals surface area contributed by atoms with Gasteiger partial charge in [0.05, 0.1) is 10.6 Å². The molecular weight excluding hydrogens is 356 g/mol. The second kappa shape index (κ2) is 7.38. The monoisotopic (exact) mass is 374 g/mol. The van der Waals surface area contributed by atoms with E-state index in [9.17, 15) is 8.42 Å². The summed E-state index contributed by atoms with van der Waals surface area (Å²) in [5.74, 6) is 2.39. The van der Waals surface area contributed by atoms with E-state index >= 15 is 0 Å². The van der Waals surface area contributed by atoms with Crippen molar-refractivity contribution in [1.29, 1.82) is 0 Å². The van der Waals surface area contributed by atoms with Crippen molar-refractivity contribution in [3.8, 4) is 17.1 Å². The third-order valence-electron chi connectivity index (χ3n) is 3.65. The lowest BCUT2D eigenvalue weighted by Crippen LogP contribution is -2.12. The Morgan fingerprint density at radius 1 is 1.08 bits per heavy atom. The van der Waals surface area contributed by atoms with Crippen LogP contribution in [0.4, 0.5) is 0 Å². The summed E-state index contributed by atoms with van der Waals surface area (Å²) in [7, 11) is -3.71. The van der Waals surface area contributed by atoms with Crippen molar-refractivity contribution < 1.29 is 8.42 Å². The SMILES string of the molecule is CSCCc1nc(-c2ccccc2)nn1-c1ccc(S(N)(=O)=O)cc1. The van der Waals surface area contributed by atoms with Crippen molar-refractivity contribution in [1.82, 2.24) is 14.8 Å². The highest BCUT2D eigenvalue weighted by Gasteiger charge is 2.14. The number of hydrogen-bond acceptors (Lipinski definition) is 5. The van der Waals surface area contributed by atoms with Gasteiger partial charge in [0, 0.05) is 17.7 Å². The van der Waals surface area contributed by atoms with Crippen molar-refractivity contribution in [2.75, 3.05) is 12.0 Å². The third-order valence-corrected chi connectivity index (χ3v) is 5.19. The number of aryl methyl sites for hydroxylation is 1. The molecule has 8 heteroatoms. The predicted molar refractivity (Wildman–Crippen MR) is 100 cm³/mol. The summed E-state index contributed by atoms with van der Waals surface area (Å²) in [5, 5.41) is 9.77. The molecule has 0 fully saturated rings. The van der Waals surface area contributed by atoms with Crippen LogP contribution in [-0.2, 0) is 16.4 Å². The number of nitrogens with zero attached hydrogens (tertiary/aromatic N) is 3. The van der Waals surface area contributed by atoms with Gasteiger partial charge in [0.15, 0.2) is 5.82 Å². The topological polar surface area (TPSA) is 90.9 Å². The van der Waals surface area contributed by atoms with Crippen LogP contribution < -0.4 is 5.14 Å². The second-order valence-corrected chi connectivity index (χ2v) is 7.96. The van der Waals surface area contributed by atoms with Gasteiger partial charge in [0.2, 0.25) is 10.0 Å². The lowest BCUT2D eigenvalue weighted by atomic mass is 10.2. The highest BCUT2D eigenvalue weighted by atomic mass is 32.2. The molecule has 0 amide bonds. The van der Waals surface area contributed by atoms with E-state index < -0.39 is 10.0 Å². The van der Waals surface area contributed by atoms with Crippen molar-refractivity contribution >= 4 is 21.8 Å². The average Bonchev–Trinajstić information content (AvgIpc) is 3.04. The van der Waals surface area contributed by atoms with Crippen LogP contribution in [0, 0.1) is 0 Å². The number of rotatable bonds is 6. The number of aromatic nitrogens is 3. The summed E-state index contributed by atoms with van der Waals surface area (Å²) < 4.78 is 24.6. The molecule has 3 rings (SSSR count). The first-order valence-electron chi connectivity index (χ1n) is 7.62. The van der Waals surface area contributed by atoms with Crippen molar-refractivity contribution in [3.63, 3.8) is 0 Å². The zero-order valence-corrected chi connectivity index (χ0v) is 15.3. The van der Waals surface area contributed by atoms with Gasteiger partial charge in [-0.15, -0.1) is 5.10 Å². The van der Waals surface area contributed by atoms with Crippen molar-refractivity contribution in [3.05, 3.63) is 60.4 Å². The van der Waals surface area contributed by atoms with Gasteiger partial charge in [-0.05, 0) is 30.5 Å². The molecule has 0 unspecified atom stereocenters. The second-order valence-electron chi connectivity index (χ2n) is 5.41. The van der Waals surface area contributed by atoms with E-state index in [0.717, 1.165) is 29.2 Å². The lowest BCUT2D eigenvalue weighted by Gasteiger charge is -2.06. The van der Waals surface area contributed by atoms with Gasteiger partial charge in [-0.25, -0.2) is 23.2 Å². The fourth-order valence-corrected chi connectivity index (χ4v) is 3.29. The highest BCUT2D eigenvalue weighted by molar-refractivity contribution is 7.98. The fraction of sp³-hybridized carbons (Fsp3) is 0.176. The Morgan fingerprint density at radius 3 is 2.36 bits per heavy atom. The van der Waals surface area contributed by atoms with Gasteiger partial charge in [0.25, 0.3) is 0 Å². The molecule has 0 aliphatic carbocycles. The summed E-state index contributed by atoms with van der Waals surface area (Å²) in [6.07, 6.45) is 2.80. The minimum Gasteiger partial charge on any atom is -0.225 e. The lowest BCUT2D eigenvalue weighted by molar-refractivity contribution is 0.598. The molecule has 0 aliphatic heterocycles. The minimum atomic E-state index is -3.71. The molecule has 0 radical (unpaired) electrons. The molecule has 25 heavy (non-hydrogen) atoms. The van der Waals surface area contributed by atoms with Gasteiger partial charge in [-0.1, -0.05) is 30.3 Å². The minimum absolute atomic E-state index is 0.0744. The maximum Gasteiger partial charge on any atom is 0.238 e. The summed E-state index contributed by atoms with van der Waals surface area (Å²) in [4.78, 5) is 4.74. The fourth-order valence-electron chi connectivity index (χ4n) is 2.39. The van der Waals surface area contributed by atoms with Gasteiger partial charge in [0.1, 0.15) is 5.82 Å². The molecule has 0 atom stereocenters. The Hall–Kier alpha value is -2.16. The highest BCUT2D eigenvalue weighted by Crippen LogP contribution is 2.20. The van der Waals surface area contributed by atoms with E-state index in [-0.39, 0.29) is 4.90 Å². The number of nitrogens with two attached hydrogens (primary N) is 1. The molecule has 2 N–H and O–H groups in total. The van der Waals surface area contributed by atoms with Gasteiger partial charge in [-0.3, -0.25) is 0 Å². The average molecular weight is 374 g/mol. The van der Waals surface area contributed by atoms with Crippen LogP contribution in [0.1, 0.15) is 5.82 Å². The first-order chi connectivity index (χ1) is 12.0. The summed E-state index contributed by atoms with van der Waals surface area (Å²) in [6, 6.07) is 16.1.